The van der Waals surface area contributed by atoms with E-state index in [9.17, 15) is 4.79 Å². The molecule has 0 aliphatic heterocycles. The van der Waals surface area contributed by atoms with E-state index in [0.717, 1.165) is 14.9 Å². The molecule has 0 aliphatic rings. The first kappa shape index (κ1) is 21.2. The molecule has 1 heterocycles. The van der Waals surface area contributed by atoms with E-state index in [2.05, 4.69) is 10.3 Å². The number of thiazole rings is 1. The number of nitrogens with one attached hydrogen (secondary N) is 1. The minimum Gasteiger partial charge on any atom is -0.380 e. The smallest absolute Gasteiger partial charge is 0.227 e. The molecule has 2 rings (SSSR count). The highest BCUT2D eigenvalue weighted by molar-refractivity contribution is 8.01. The topological polar surface area (TPSA) is 77.2 Å². The first-order chi connectivity index (χ1) is 11.0. The summed E-state index contributed by atoms with van der Waals surface area (Å²) in [7, 11) is 1.54. The van der Waals surface area contributed by atoms with Crippen molar-refractivity contribution >= 4 is 58.7 Å². The van der Waals surface area contributed by atoms with Crippen molar-refractivity contribution in [3.05, 3.63) is 34.3 Å². The zero-order valence-electron chi connectivity index (χ0n) is 13.2. The number of carbonyl (C=O) groups is 1. The first-order valence-corrected chi connectivity index (χ1v) is 9.01. The molecule has 0 fully saturated rings. The summed E-state index contributed by atoms with van der Waals surface area (Å²) < 4.78 is 6.04. The Morgan fingerprint density at radius 2 is 2.29 bits per heavy atom. The Morgan fingerprint density at radius 1 is 1.54 bits per heavy atom. The van der Waals surface area contributed by atoms with Crippen LogP contribution >= 0.6 is 47.1 Å². The number of hydrogen-bond donors (Lipinski definition) is 2. The summed E-state index contributed by atoms with van der Waals surface area (Å²) in [6.07, 6.45) is -0.0760. The molecule has 1 aromatic carbocycles. The van der Waals surface area contributed by atoms with Gasteiger partial charge in [0.15, 0.2) is 4.34 Å². The van der Waals surface area contributed by atoms with Crippen LogP contribution in [0.1, 0.15) is 12.1 Å². The predicted octanol–water partition coefficient (Wildman–Crippen LogP) is 3.98. The SMILES string of the molecule is COC(CN)CC(=O)Nc1ccc(Sc2nc(C)cs2)c(Cl)c1.Cl. The Balaban J connectivity index is 0.00000288. The van der Waals surface area contributed by atoms with E-state index in [-0.39, 0.29) is 30.8 Å². The lowest BCUT2D eigenvalue weighted by molar-refractivity contribution is -0.118. The molecule has 0 aliphatic carbocycles. The number of aryl methyl sites for hydroxylation is 1. The second-order valence-corrected chi connectivity index (χ2v) is 7.40. The molecule has 5 nitrogen and oxygen atoms in total. The number of rotatable bonds is 7. The molecule has 132 valence electrons. The molecule has 0 bridgehead atoms. The number of nitrogens with two attached hydrogens (primary N) is 1. The number of methoxy groups -OCH3 is 1. The van der Waals surface area contributed by atoms with E-state index in [4.69, 9.17) is 22.1 Å². The van der Waals surface area contributed by atoms with Crippen LogP contribution in [0.15, 0.2) is 32.8 Å². The van der Waals surface area contributed by atoms with Gasteiger partial charge in [0.2, 0.25) is 5.91 Å². The van der Waals surface area contributed by atoms with Crippen LogP contribution in [0.25, 0.3) is 0 Å². The molecule has 1 unspecified atom stereocenters. The average Bonchev–Trinajstić information content (AvgIpc) is 2.93. The number of benzene rings is 1. The maximum atomic E-state index is 11.9. The molecule has 1 amide bonds. The van der Waals surface area contributed by atoms with E-state index in [1.165, 1.54) is 18.9 Å². The summed E-state index contributed by atoms with van der Waals surface area (Å²) in [6.45, 7) is 2.25. The van der Waals surface area contributed by atoms with Gasteiger partial charge in [-0.15, -0.1) is 23.7 Å². The van der Waals surface area contributed by atoms with E-state index in [0.29, 0.717) is 17.3 Å². The van der Waals surface area contributed by atoms with Gasteiger partial charge in [-0.1, -0.05) is 23.4 Å². The Hall–Kier alpha value is -0.830. The van der Waals surface area contributed by atoms with Gasteiger partial charge < -0.3 is 15.8 Å². The van der Waals surface area contributed by atoms with Crippen molar-refractivity contribution in [1.82, 2.24) is 4.98 Å². The minimum atomic E-state index is -0.284. The van der Waals surface area contributed by atoms with Crippen LogP contribution in [-0.4, -0.2) is 30.6 Å². The summed E-state index contributed by atoms with van der Waals surface area (Å²) in [5.41, 5.74) is 7.15. The predicted molar refractivity (Wildman–Crippen MR) is 103 cm³/mol. The van der Waals surface area contributed by atoms with Gasteiger partial charge in [0.05, 0.1) is 17.5 Å². The summed E-state index contributed by atoms with van der Waals surface area (Å²) in [4.78, 5) is 17.2. The third-order valence-electron chi connectivity index (χ3n) is 3.02. The maximum absolute atomic E-state index is 11.9. The molecule has 0 spiro atoms. The normalized spacial score (nSPS) is 11.7. The zero-order chi connectivity index (χ0) is 16.8. The molecule has 2 aromatic rings. The summed E-state index contributed by atoms with van der Waals surface area (Å²) in [5, 5.41) is 5.36. The van der Waals surface area contributed by atoms with Gasteiger partial charge in [-0.3, -0.25) is 4.79 Å². The Bertz CT molecular complexity index is 678. The number of ether oxygens (including phenoxy) is 1. The van der Waals surface area contributed by atoms with Crippen LogP contribution in [0.4, 0.5) is 5.69 Å². The Kier molecular flexibility index (Phi) is 9.04. The quantitative estimate of drug-likeness (QED) is 0.725. The van der Waals surface area contributed by atoms with Crippen molar-refractivity contribution in [2.45, 2.75) is 28.7 Å². The van der Waals surface area contributed by atoms with Crippen molar-refractivity contribution in [3.63, 3.8) is 0 Å². The third-order valence-corrected chi connectivity index (χ3v) is 5.58. The lowest BCUT2D eigenvalue weighted by Gasteiger charge is -2.13. The number of halogens is 2. The average molecular weight is 408 g/mol. The number of anilines is 1. The van der Waals surface area contributed by atoms with Crippen molar-refractivity contribution in [2.24, 2.45) is 5.73 Å². The second kappa shape index (κ2) is 10.2. The molecule has 0 saturated heterocycles. The van der Waals surface area contributed by atoms with E-state index >= 15 is 0 Å². The molecule has 9 heteroatoms. The van der Waals surface area contributed by atoms with Crippen molar-refractivity contribution in [3.8, 4) is 0 Å². The van der Waals surface area contributed by atoms with Crippen LogP contribution in [-0.2, 0) is 9.53 Å². The van der Waals surface area contributed by atoms with Crippen molar-refractivity contribution in [1.29, 1.82) is 0 Å². The maximum Gasteiger partial charge on any atom is 0.227 e. The molecule has 24 heavy (non-hydrogen) atoms. The molecule has 0 radical (unpaired) electrons. The van der Waals surface area contributed by atoms with Gasteiger partial charge in [0.1, 0.15) is 0 Å². The monoisotopic (exact) mass is 407 g/mol. The minimum absolute atomic E-state index is 0. The lowest BCUT2D eigenvalue weighted by Crippen LogP contribution is -2.28. The molecular formula is C15H19Cl2N3O2S2. The molecule has 3 N–H and O–H groups in total. The lowest BCUT2D eigenvalue weighted by atomic mass is 10.2. The number of amides is 1. The van der Waals surface area contributed by atoms with Gasteiger partial charge in [-0.05, 0) is 25.1 Å². The highest BCUT2D eigenvalue weighted by Gasteiger charge is 2.13. The van der Waals surface area contributed by atoms with Gasteiger partial charge in [-0.25, -0.2) is 4.98 Å². The van der Waals surface area contributed by atoms with Crippen LogP contribution in [0.2, 0.25) is 5.02 Å². The zero-order valence-corrected chi connectivity index (χ0v) is 16.5. The highest BCUT2D eigenvalue weighted by Crippen LogP contribution is 2.36. The largest absolute Gasteiger partial charge is 0.380 e. The van der Waals surface area contributed by atoms with Crippen molar-refractivity contribution in [2.75, 3.05) is 19.0 Å². The molecular weight excluding hydrogens is 389 g/mol. The summed E-state index contributed by atoms with van der Waals surface area (Å²) >= 11 is 9.37. The fourth-order valence-electron chi connectivity index (χ4n) is 1.82. The van der Waals surface area contributed by atoms with Gasteiger partial charge in [0.25, 0.3) is 0 Å². The number of carbonyl (C=O) groups excluding carboxylic acids is 1. The number of aromatic nitrogens is 1. The number of nitrogens with zero attached hydrogens (tertiary/aromatic N) is 1. The Morgan fingerprint density at radius 3 is 2.83 bits per heavy atom. The van der Waals surface area contributed by atoms with E-state index in [1.54, 1.807) is 17.4 Å². The first-order valence-electron chi connectivity index (χ1n) is 6.94. The summed E-state index contributed by atoms with van der Waals surface area (Å²) in [5.74, 6) is -0.158. The number of hydrogen-bond acceptors (Lipinski definition) is 6. The van der Waals surface area contributed by atoms with Crippen LogP contribution in [0.5, 0.6) is 0 Å². The third kappa shape index (κ3) is 6.23. The standard InChI is InChI=1S/C15H18ClN3O2S2.ClH/c1-9-8-22-15(18-9)23-13-4-3-10(5-12(13)16)19-14(20)6-11(7-17)21-2;/h3-5,8,11H,6-7,17H2,1-2H3,(H,19,20);1H. The van der Waals surface area contributed by atoms with E-state index in [1.807, 2.05) is 24.4 Å². The van der Waals surface area contributed by atoms with Gasteiger partial charge in [-0.2, -0.15) is 0 Å². The Labute approximate surface area is 160 Å². The summed E-state index contributed by atoms with van der Waals surface area (Å²) in [6, 6.07) is 5.42. The molecule has 1 atom stereocenters. The second-order valence-electron chi connectivity index (χ2n) is 4.85. The van der Waals surface area contributed by atoms with Gasteiger partial charge >= 0.3 is 0 Å². The van der Waals surface area contributed by atoms with Crippen molar-refractivity contribution < 1.29 is 9.53 Å². The van der Waals surface area contributed by atoms with E-state index < -0.39 is 0 Å². The fourth-order valence-corrected chi connectivity index (χ4v) is 3.91. The van der Waals surface area contributed by atoms with Crippen LogP contribution < -0.4 is 11.1 Å². The molecule has 0 saturated carbocycles. The fraction of sp³-hybridized carbons (Fsp3) is 0.333. The van der Waals surface area contributed by atoms with Crippen LogP contribution in [0, 0.1) is 6.92 Å². The highest BCUT2D eigenvalue weighted by atomic mass is 35.5. The van der Waals surface area contributed by atoms with Gasteiger partial charge in [0, 0.05) is 35.3 Å². The van der Waals surface area contributed by atoms with Crippen LogP contribution in [0.3, 0.4) is 0 Å². The molecule has 1 aromatic heterocycles.